The van der Waals surface area contributed by atoms with E-state index in [0.29, 0.717) is 23.0 Å². The monoisotopic (exact) mass is 420 g/mol. The highest BCUT2D eigenvalue weighted by Gasteiger charge is 2.30. The van der Waals surface area contributed by atoms with Crippen LogP contribution in [-0.4, -0.2) is 44.4 Å². The zero-order valence-corrected chi connectivity index (χ0v) is 18.5. The second kappa shape index (κ2) is 7.85. The molecule has 0 N–H and O–H groups in total. The number of pyridine rings is 1. The summed E-state index contributed by atoms with van der Waals surface area (Å²) in [5, 5.41) is 4.46. The van der Waals surface area contributed by atoms with Crippen molar-refractivity contribution in [3.63, 3.8) is 0 Å². The zero-order valence-electron chi connectivity index (χ0n) is 17.0. The molecule has 28 heavy (non-hydrogen) atoms. The first-order valence-corrected chi connectivity index (χ1v) is 10.6. The molecule has 0 radical (unpaired) electrons. The number of hydrogen-bond donors (Lipinski definition) is 0. The lowest BCUT2D eigenvalue weighted by Gasteiger charge is -2.32. The Bertz CT molecular complexity index is 1030. The second-order valence-electron chi connectivity index (χ2n) is 7.64. The van der Waals surface area contributed by atoms with Gasteiger partial charge in [0.15, 0.2) is 10.8 Å². The van der Waals surface area contributed by atoms with E-state index in [1.807, 2.05) is 58.1 Å². The maximum Gasteiger partial charge on any atom is 0.193 e. The first-order chi connectivity index (χ1) is 13.1. The molecule has 7 nitrogen and oxygen atoms in total. The van der Waals surface area contributed by atoms with Gasteiger partial charge in [0.05, 0.1) is 28.4 Å². The third-order valence-electron chi connectivity index (χ3n) is 4.53. The molecule has 3 heterocycles. The van der Waals surface area contributed by atoms with Crippen molar-refractivity contribution in [2.75, 3.05) is 6.54 Å². The largest absolute Gasteiger partial charge is 0.259 e. The molecule has 9 heteroatoms. The van der Waals surface area contributed by atoms with E-state index in [4.69, 9.17) is 11.6 Å². The third-order valence-corrected chi connectivity index (χ3v) is 6.83. The van der Waals surface area contributed by atoms with Crippen LogP contribution in [0, 0.1) is 6.92 Å². The van der Waals surface area contributed by atoms with Crippen molar-refractivity contribution >= 4 is 28.2 Å². The SMILES string of the molecule is CCN([C@H](C)c1cc(-c2cn3ncnc3c(Cl)n2)c(C)cn1)S(=O)C(C)(C)C. The minimum atomic E-state index is -1.14. The summed E-state index contributed by atoms with van der Waals surface area (Å²) in [5.41, 5.74) is 3.92. The van der Waals surface area contributed by atoms with Crippen LogP contribution in [0.4, 0.5) is 0 Å². The molecule has 0 amide bonds. The summed E-state index contributed by atoms with van der Waals surface area (Å²) in [6, 6.07) is 1.87. The molecule has 3 aromatic rings. The summed E-state index contributed by atoms with van der Waals surface area (Å²) in [6.45, 7) is 12.6. The molecule has 150 valence electrons. The molecule has 0 bridgehead atoms. The fraction of sp³-hybridized carbons (Fsp3) is 0.474. The van der Waals surface area contributed by atoms with Gasteiger partial charge in [-0.2, -0.15) is 5.10 Å². The van der Waals surface area contributed by atoms with Crippen molar-refractivity contribution in [1.82, 2.24) is 28.9 Å². The Balaban J connectivity index is 2.04. The first-order valence-electron chi connectivity index (χ1n) is 9.15. The molecule has 0 aromatic carbocycles. The van der Waals surface area contributed by atoms with Gasteiger partial charge in [-0.3, -0.25) is 4.98 Å². The molecular formula is C19H25ClN6OS. The number of nitrogens with zero attached hydrogens (tertiary/aromatic N) is 6. The lowest BCUT2D eigenvalue weighted by molar-refractivity contribution is 0.366. The van der Waals surface area contributed by atoms with Gasteiger partial charge < -0.3 is 0 Å². The molecule has 0 aliphatic carbocycles. The summed E-state index contributed by atoms with van der Waals surface area (Å²) in [5.74, 6) is 0. The van der Waals surface area contributed by atoms with Crippen LogP contribution in [0.25, 0.3) is 16.9 Å². The highest BCUT2D eigenvalue weighted by Crippen LogP contribution is 2.30. The Morgan fingerprint density at radius 1 is 1.32 bits per heavy atom. The number of rotatable bonds is 5. The van der Waals surface area contributed by atoms with Gasteiger partial charge in [-0.25, -0.2) is 23.0 Å². The lowest BCUT2D eigenvalue weighted by Crippen LogP contribution is -2.39. The number of aromatic nitrogens is 5. The van der Waals surface area contributed by atoms with Crippen molar-refractivity contribution in [3.8, 4) is 11.3 Å². The number of aryl methyl sites for hydroxylation is 1. The fourth-order valence-corrected chi connectivity index (χ4v) is 4.56. The molecule has 1 unspecified atom stereocenters. The van der Waals surface area contributed by atoms with E-state index in [2.05, 4.69) is 20.1 Å². The molecule has 0 saturated heterocycles. The zero-order chi connectivity index (χ0) is 20.6. The Labute approximate surface area is 172 Å². The molecule has 3 rings (SSSR count). The average Bonchev–Trinajstić information content (AvgIpc) is 3.11. The summed E-state index contributed by atoms with van der Waals surface area (Å²) < 4.78 is 16.2. The van der Waals surface area contributed by atoms with Crippen LogP contribution in [0.15, 0.2) is 24.8 Å². The smallest absolute Gasteiger partial charge is 0.193 e. The van der Waals surface area contributed by atoms with Crippen LogP contribution in [0.1, 0.15) is 51.9 Å². The van der Waals surface area contributed by atoms with Crippen LogP contribution in [-0.2, 0) is 11.0 Å². The Morgan fingerprint density at radius 3 is 2.68 bits per heavy atom. The Morgan fingerprint density at radius 2 is 2.04 bits per heavy atom. The molecule has 0 aliphatic rings. The number of fused-ring (bicyclic) bond motifs is 1. The van der Waals surface area contributed by atoms with E-state index in [1.165, 1.54) is 6.33 Å². The van der Waals surface area contributed by atoms with Gasteiger partial charge in [-0.1, -0.05) is 18.5 Å². The number of halogens is 1. The molecule has 2 atom stereocenters. The quantitative estimate of drug-likeness (QED) is 0.623. The molecule has 0 fully saturated rings. The maximum absolute atomic E-state index is 13.0. The van der Waals surface area contributed by atoms with Crippen LogP contribution in [0.5, 0.6) is 0 Å². The summed E-state index contributed by atoms with van der Waals surface area (Å²) in [6.07, 6.45) is 5.06. The van der Waals surface area contributed by atoms with Crippen LogP contribution < -0.4 is 0 Å². The van der Waals surface area contributed by atoms with E-state index < -0.39 is 11.0 Å². The minimum absolute atomic E-state index is 0.116. The molecular weight excluding hydrogens is 396 g/mol. The van der Waals surface area contributed by atoms with Gasteiger partial charge in [0.1, 0.15) is 17.3 Å². The highest BCUT2D eigenvalue weighted by molar-refractivity contribution is 7.84. The standard InChI is InChI=1S/C19H25ClN6OS/c1-7-26(28(27)19(4,5)6)13(3)15-8-14(12(2)9-21-15)16-10-25-18(17(20)24-16)22-11-23-25/h8-11,13H,7H2,1-6H3/t13-,28?/m1/s1. The van der Waals surface area contributed by atoms with E-state index in [1.54, 1.807) is 10.7 Å². The second-order valence-corrected chi connectivity index (χ2v) is 10.2. The van der Waals surface area contributed by atoms with E-state index in [9.17, 15) is 4.21 Å². The van der Waals surface area contributed by atoms with Crippen molar-refractivity contribution in [2.24, 2.45) is 0 Å². The molecule has 3 aromatic heterocycles. The summed E-state index contributed by atoms with van der Waals surface area (Å²) in [7, 11) is -1.14. The first kappa shape index (κ1) is 20.8. The van der Waals surface area contributed by atoms with E-state index in [0.717, 1.165) is 16.8 Å². The molecule has 0 saturated carbocycles. The molecule has 0 aliphatic heterocycles. The molecule has 0 spiro atoms. The van der Waals surface area contributed by atoms with E-state index in [-0.39, 0.29) is 10.8 Å². The van der Waals surface area contributed by atoms with Crippen LogP contribution >= 0.6 is 11.6 Å². The fourth-order valence-electron chi connectivity index (χ4n) is 3.00. The van der Waals surface area contributed by atoms with Crippen molar-refractivity contribution in [2.45, 2.75) is 52.3 Å². The van der Waals surface area contributed by atoms with Crippen molar-refractivity contribution in [3.05, 3.63) is 41.2 Å². The highest BCUT2D eigenvalue weighted by atomic mass is 35.5. The van der Waals surface area contributed by atoms with Crippen molar-refractivity contribution < 1.29 is 4.21 Å². The van der Waals surface area contributed by atoms with Crippen LogP contribution in [0.3, 0.4) is 0 Å². The summed E-state index contributed by atoms with van der Waals surface area (Å²) >= 11 is 6.27. The Hall–Kier alpha value is -1.90. The third kappa shape index (κ3) is 3.94. The van der Waals surface area contributed by atoms with Crippen molar-refractivity contribution in [1.29, 1.82) is 0 Å². The normalized spacial score (nSPS) is 14.6. The Kier molecular flexibility index (Phi) is 5.84. The summed E-state index contributed by atoms with van der Waals surface area (Å²) in [4.78, 5) is 13.2. The van der Waals surface area contributed by atoms with E-state index >= 15 is 0 Å². The maximum atomic E-state index is 13.0. The predicted molar refractivity (Wildman–Crippen MR) is 112 cm³/mol. The topological polar surface area (TPSA) is 76.3 Å². The predicted octanol–water partition coefficient (Wildman–Crippen LogP) is 3.99. The average molecular weight is 421 g/mol. The number of hydrogen-bond acceptors (Lipinski definition) is 5. The van der Waals surface area contributed by atoms with Gasteiger partial charge >= 0.3 is 0 Å². The minimum Gasteiger partial charge on any atom is -0.259 e. The van der Waals surface area contributed by atoms with Gasteiger partial charge in [-0.05, 0) is 46.2 Å². The van der Waals surface area contributed by atoms with Gasteiger partial charge in [0.25, 0.3) is 0 Å². The van der Waals surface area contributed by atoms with Gasteiger partial charge in [0, 0.05) is 18.3 Å². The lowest BCUT2D eigenvalue weighted by atomic mass is 10.0. The van der Waals surface area contributed by atoms with Crippen LogP contribution in [0.2, 0.25) is 5.15 Å². The van der Waals surface area contributed by atoms with Gasteiger partial charge in [0.2, 0.25) is 0 Å². The van der Waals surface area contributed by atoms with Gasteiger partial charge in [-0.15, -0.1) is 0 Å².